The van der Waals surface area contributed by atoms with Gasteiger partial charge in [0.25, 0.3) is 0 Å². The molecule has 0 unspecified atom stereocenters. The quantitative estimate of drug-likeness (QED) is 0.745. The van der Waals surface area contributed by atoms with Gasteiger partial charge in [-0.1, -0.05) is 0 Å². The summed E-state index contributed by atoms with van der Waals surface area (Å²) < 4.78 is 5.14. The fourth-order valence-electron chi connectivity index (χ4n) is 1.90. The number of nitrogen functional groups attached to an aromatic ring is 1. The molecule has 0 saturated heterocycles. The second-order valence-electron chi connectivity index (χ2n) is 4.42. The van der Waals surface area contributed by atoms with Crippen LogP contribution in [0, 0.1) is 6.92 Å². The molecule has 5 nitrogen and oxygen atoms in total. The number of nitrogens with one attached hydrogen (secondary N) is 1. The van der Waals surface area contributed by atoms with Crippen LogP contribution < -0.4 is 15.8 Å². The summed E-state index contributed by atoms with van der Waals surface area (Å²) in [5, 5.41) is 12.3. The first-order valence-electron chi connectivity index (χ1n) is 6.05. The lowest BCUT2D eigenvalue weighted by molar-refractivity contribution is 0.0698. The summed E-state index contributed by atoms with van der Waals surface area (Å²) in [6.07, 6.45) is 0. The van der Waals surface area contributed by atoms with Crippen molar-refractivity contribution in [3.63, 3.8) is 0 Å². The van der Waals surface area contributed by atoms with Crippen molar-refractivity contribution < 1.29 is 14.6 Å². The number of methoxy groups -OCH3 is 1. The van der Waals surface area contributed by atoms with Gasteiger partial charge in [0.15, 0.2) is 0 Å². The molecule has 20 heavy (non-hydrogen) atoms. The molecule has 2 rings (SSSR count). The van der Waals surface area contributed by atoms with Crippen LogP contribution in [-0.4, -0.2) is 18.2 Å². The molecular formula is C15H16N2O3. The minimum absolute atomic E-state index is 0.139. The van der Waals surface area contributed by atoms with Gasteiger partial charge in [0.1, 0.15) is 5.75 Å². The number of nitrogens with two attached hydrogens (primary N) is 1. The van der Waals surface area contributed by atoms with Crippen molar-refractivity contribution >= 4 is 23.0 Å². The van der Waals surface area contributed by atoms with Crippen molar-refractivity contribution in [3.05, 3.63) is 47.5 Å². The SMILES string of the molecule is COc1ccc(Nc2ccc(N)cc2C(=O)O)c(C)c1. The van der Waals surface area contributed by atoms with Crippen molar-refractivity contribution in [1.82, 2.24) is 0 Å². The number of aryl methyl sites for hydroxylation is 1. The van der Waals surface area contributed by atoms with Crippen molar-refractivity contribution in [2.45, 2.75) is 6.92 Å². The van der Waals surface area contributed by atoms with E-state index in [4.69, 9.17) is 10.5 Å². The van der Waals surface area contributed by atoms with E-state index in [1.165, 1.54) is 6.07 Å². The third kappa shape index (κ3) is 2.83. The molecule has 104 valence electrons. The van der Waals surface area contributed by atoms with Crippen LogP contribution in [-0.2, 0) is 0 Å². The summed E-state index contributed by atoms with van der Waals surface area (Å²) in [6, 6.07) is 10.3. The Balaban J connectivity index is 2.37. The second-order valence-corrected chi connectivity index (χ2v) is 4.42. The van der Waals surface area contributed by atoms with Crippen molar-refractivity contribution in [1.29, 1.82) is 0 Å². The Kier molecular flexibility index (Phi) is 3.79. The molecule has 0 spiro atoms. The monoisotopic (exact) mass is 272 g/mol. The molecule has 0 aliphatic rings. The van der Waals surface area contributed by atoms with Crippen LogP contribution >= 0.6 is 0 Å². The van der Waals surface area contributed by atoms with E-state index in [1.54, 1.807) is 19.2 Å². The smallest absolute Gasteiger partial charge is 0.337 e. The van der Waals surface area contributed by atoms with Crippen LogP contribution in [0.3, 0.4) is 0 Å². The number of aromatic carboxylic acids is 1. The highest BCUT2D eigenvalue weighted by atomic mass is 16.5. The molecular weight excluding hydrogens is 256 g/mol. The molecule has 0 aromatic heterocycles. The van der Waals surface area contributed by atoms with Crippen molar-refractivity contribution in [2.75, 3.05) is 18.2 Å². The molecule has 0 fully saturated rings. The zero-order valence-corrected chi connectivity index (χ0v) is 11.3. The summed E-state index contributed by atoms with van der Waals surface area (Å²) >= 11 is 0. The van der Waals surface area contributed by atoms with E-state index in [9.17, 15) is 9.90 Å². The lowest BCUT2D eigenvalue weighted by atomic mass is 10.1. The number of hydrogen-bond donors (Lipinski definition) is 3. The fourth-order valence-corrected chi connectivity index (χ4v) is 1.90. The number of hydrogen-bond acceptors (Lipinski definition) is 4. The van der Waals surface area contributed by atoms with Gasteiger partial charge in [-0.25, -0.2) is 4.79 Å². The van der Waals surface area contributed by atoms with Crippen LogP contribution in [0.2, 0.25) is 0 Å². The third-order valence-electron chi connectivity index (χ3n) is 2.98. The molecule has 0 radical (unpaired) electrons. The number of rotatable bonds is 4. The van der Waals surface area contributed by atoms with Gasteiger partial charge in [-0.05, 0) is 48.9 Å². The summed E-state index contributed by atoms with van der Waals surface area (Å²) in [5.41, 5.74) is 8.45. The van der Waals surface area contributed by atoms with Gasteiger partial charge in [0.05, 0.1) is 18.4 Å². The summed E-state index contributed by atoms with van der Waals surface area (Å²) in [7, 11) is 1.60. The number of carboxylic acids is 1. The van der Waals surface area contributed by atoms with E-state index in [0.29, 0.717) is 11.4 Å². The predicted octanol–water partition coefficient (Wildman–Crippen LogP) is 3.03. The lowest BCUT2D eigenvalue weighted by Gasteiger charge is -2.13. The van der Waals surface area contributed by atoms with Gasteiger partial charge in [-0.3, -0.25) is 0 Å². The van der Waals surface area contributed by atoms with Crippen LogP contribution in [0.4, 0.5) is 17.1 Å². The van der Waals surface area contributed by atoms with Crippen molar-refractivity contribution in [3.8, 4) is 5.75 Å². The molecule has 0 bridgehead atoms. The van der Waals surface area contributed by atoms with E-state index in [2.05, 4.69) is 5.32 Å². The number of ether oxygens (including phenoxy) is 1. The first-order chi connectivity index (χ1) is 9.51. The standard InChI is InChI=1S/C15H16N2O3/c1-9-7-11(20-2)4-6-13(9)17-14-5-3-10(16)8-12(14)15(18)19/h3-8,17H,16H2,1-2H3,(H,18,19). The van der Waals surface area contributed by atoms with Crippen molar-refractivity contribution in [2.24, 2.45) is 0 Å². The maximum atomic E-state index is 11.2. The Hall–Kier alpha value is -2.69. The predicted molar refractivity (Wildman–Crippen MR) is 78.8 cm³/mol. The van der Waals surface area contributed by atoms with Crippen LogP contribution in [0.25, 0.3) is 0 Å². The maximum Gasteiger partial charge on any atom is 0.337 e. The summed E-state index contributed by atoms with van der Waals surface area (Å²) in [4.78, 5) is 11.2. The molecule has 2 aromatic rings. The highest BCUT2D eigenvalue weighted by Gasteiger charge is 2.11. The first-order valence-corrected chi connectivity index (χ1v) is 6.05. The number of anilines is 3. The highest BCUT2D eigenvalue weighted by Crippen LogP contribution is 2.27. The molecule has 2 aromatic carbocycles. The molecule has 0 aliphatic heterocycles. The van der Waals surface area contributed by atoms with E-state index in [0.717, 1.165) is 17.0 Å². The average molecular weight is 272 g/mol. The molecule has 0 amide bonds. The van der Waals surface area contributed by atoms with Gasteiger partial charge in [-0.15, -0.1) is 0 Å². The van der Waals surface area contributed by atoms with E-state index in [1.807, 2.05) is 25.1 Å². The van der Waals surface area contributed by atoms with Crippen LogP contribution in [0.1, 0.15) is 15.9 Å². The number of benzene rings is 2. The molecule has 5 heteroatoms. The third-order valence-corrected chi connectivity index (χ3v) is 2.98. The normalized spacial score (nSPS) is 10.1. The number of carbonyl (C=O) groups is 1. The maximum absolute atomic E-state index is 11.2. The fraction of sp³-hybridized carbons (Fsp3) is 0.133. The Labute approximate surface area is 117 Å². The van der Waals surface area contributed by atoms with Gasteiger partial charge < -0.3 is 20.9 Å². The van der Waals surface area contributed by atoms with Gasteiger partial charge in [0, 0.05) is 11.4 Å². The van der Waals surface area contributed by atoms with Gasteiger partial charge in [-0.2, -0.15) is 0 Å². The van der Waals surface area contributed by atoms with Crippen LogP contribution in [0.15, 0.2) is 36.4 Å². The van der Waals surface area contributed by atoms with E-state index >= 15 is 0 Å². The zero-order valence-electron chi connectivity index (χ0n) is 11.3. The minimum atomic E-state index is -1.02. The molecule has 4 N–H and O–H groups in total. The molecule has 0 heterocycles. The van der Waals surface area contributed by atoms with Gasteiger partial charge >= 0.3 is 5.97 Å². The molecule has 0 atom stereocenters. The Bertz CT molecular complexity index is 654. The summed E-state index contributed by atoms with van der Waals surface area (Å²) in [5.74, 6) is -0.269. The first kappa shape index (κ1) is 13.7. The Morgan fingerprint density at radius 2 is 1.90 bits per heavy atom. The van der Waals surface area contributed by atoms with E-state index in [-0.39, 0.29) is 5.56 Å². The molecule has 0 saturated carbocycles. The minimum Gasteiger partial charge on any atom is -0.497 e. The molecule has 0 aliphatic carbocycles. The lowest BCUT2D eigenvalue weighted by Crippen LogP contribution is -2.04. The summed E-state index contributed by atoms with van der Waals surface area (Å²) in [6.45, 7) is 1.92. The topological polar surface area (TPSA) is 84.6 Å². The Morgan fingerprint density at radius 1 is 1.20 bits per heavy atom. The van der Waals surface area contributed by atoms with E-state index < -0.39 is 5.97 Å². The number of carboxylic acid groups (broad SMARTS) is 1. The highest BCUT2D eigenvalue weighted by molar-refractivity contribution is 5.96. The zero-order chi connectivity index (χ0) is 14.7. The Morgan fingerprint density at radius 3 is 2.50 bits per heavy atom. The van der Waals surface area contributed by atoms with Crippen LogP contribution in [0.5, 0.6) is 5.75 Å². The average Bonchev–Trinajstić information content (AvgIpc) is 2.42. The second kappa shape index (κ2) is 5.52. The largest absolute Gasteiger partial charge is 0.497 e. The van der Waals surface area contributed by atoms with Gasteiger partial charge in [0.2, 0.25) is 0 Å².